The van der Waals surface area contributed by atoms with E-state index in [0.29, 0.717) is 11.3 Å². The summed E-state index contributed by atoms with van der Waals surface area (Å²) >= 11 is 0. The zero-order chi connectivity index (χ0) is 22.1. The van der Waals surface area contributed by atoms with Crippen LogP contribution in [0.2, 0.25) is 0 Å². The van der Waals surface area contributed by atoms with Crippen molar-refractivity contribution in [1.29, 1.82) is 0 Å². The highest BCUT2D eigenvalue weighted by Gasteiger charge is 2.30. The van der Waals surface area contributed by atoms with Crippen LogP contribution in [-0.2, 0) is 35.3 Å². The molecule has 0 atom stereocenters. The summed E-state index contributed by atoms with van der Waals surface area (Å²) in [4.78, 5) is 36.0. The van der Waals surface area contributed by atoms with Crippen molar-refractivity contribution in [2.24, 2.45) is 0 Å². The molecule has 8 nitrogen and oxygen atoms in total. The van der Waals surface area contributed by atoms with Crippen LogP contribution < -0.4 is 10.9 Å². The first kappa shape index (κ1) is 21.4. The van der Waals surface area contributed by atoms with E-state index in [1.807, 2.05) is 5.32 Å². The second-order valence-electron chi connectivity index (χ2n) is 6.61. The third kappa shape index (κ3) is 4.30. The van der Waals surface area contributed by atoms with Crippen LogP contribution >= 0.6 is 0 Å². The molecule has 0 bridgehead atoms. The Kier molecular flexibility index (Phi) is 5.83. The lowest BCUT2D eigenvalue weighted by atomic mass is 10.0. The number of hydrogen-bond donors (Lipinski definition) is 3. The molecular formula is C19H17F3N2O6. The molecule has 2 heterocycles. The summed E-state index contributed by atoms with van der Waals surface area (Å²) in [7, 11) is 0. The van der Waals surface area contributed by atoms with Gasteiger partial charge in [0.05, 0.1) is 25.3 Å². The monoisotopic (exact) mass is 426 g/mol. The quantitative estimate of drug-likeness (QED) is 0.667. The Bertz CT molecular complexity index is 1040. The largest absolute Gasteiger partial charge is 0.506 e. The summed E-state index contributed by atoms with van der Waals surface area (Å²) < 4.78 is 44.8. The number of rotatable bonds is 5. The molecule has 0 radical (unpaired) electrons. The number of amides is 1. The number of nitrogens with one attached hydrogen (secondary N) is 1. The lowest BCUT2D eigenvalue weighted by Crippen LogP contribution is -2.38. The van der Waals surface area contributed by atoms with Crippen molar-refractivity contribution < 1.29 is 37.7 Å². The van der Waals surface area contributed by atoms with Crippen molar-refractivity contribution in [3.8, 4) is 5.75 Å². The molecule has 30 heavy (non-hydrogen) atoms. The molecule has 11 heteroatoms. The molecule has 3 rings (SSSR count). The normalized spacial score (nSPS) is 13.6. The van der Waals surface area contributed by atoms with Gasteiger partial charge in [-0.15, -0.1) is 0 Å². The number of carbonyl (C=O) groups excluding carboxylic acids is 1. The summed E-state index contributed by atoms with van der Waals surface area (Å²) in [6.07, 6.45) is -4.25. The highest BCUT2D eigenvalue weighted by Crippen LogP contribution is 2.30. The van der Waals surface area contributed by atoms with Gasteiger partial charge in [-0.05, 0) is 17.7 Å². The number of aromatic hydroxyl groups is 1. The number of carbonyl (C=O) groups is 2. The van der Waals surface area contributed by atoms with Gasteiger partial charge in [0.15, 0.2) is 0 Å². The second kappa shape index (κ2) is 8.19. The molecule has 0 unspecified atom stereocenters. The van der Waals surface area contributed by atoms with Gasteiger partial charge in [-0.1, -0.05) is 12.1 Å². The van der Waals surface area contributed by atoms with Crippen molar-refractivity contribution >= 4 is 11.9 Å². The third-order valence-corrected chi connectivity index (χ3v) is 4.63. The number of nitrogens with zero attached hydrogens (tertiary/aromatic N) is 1. The van der Waals surface area contributed by atoms with Gasteiger partial charge in [0.25, 0.3) is 11.5 Å². The Morgan fingerprint density at radius 3 is 2.47 bits per heavy atom. The molecule has 0 spiro atoms. The van der Waals surface area contributed by atoms with Crippen molar-refractivity contribution in [2.75, 3.05) is 13.2 Å². The number of hydrogen-bond acceptors (Lipinski definition) is 5. The van der Waals surface area contributed by atoms with E-state index in [1.165, 1.54) is 16.7 Å². The predicted molar refractivity (Wildman–Crippen MR) is 96.2 cm³/mol. The Morgan fingerprint density at radius 2 is 1.87 bits per heavy atom. The van der Waals surface area contributed by atoms with Crippen LogP contribution in [0, 0.1) is 0 Å². The highest BCUT2D eigenvalue weighted by atomic mass is 19.4. The van der Waals surface area contributed by atoms with Crippen molar-refractivity contribution in [2.45, 2.75) is 25.7 Å². The van der Waals surface area contributed by atoms with E-state index in [-0.39, 0.29) is 31.7 Å². The molecular weight excluding hydrogens is 409 g/mol. The number of fused-ring (bicyclic) bond motifs is 1. The molecule has 1 aliphatic rings. The lowest BCUT2D eigenvalue weighted by Gasteiger charge is -2.24. The van der Waals surface area contributed by atoms with E-state index in [4.69, 9.17) is 9.84 Å². The number of carboxylic acid groups (broad SMARTS) is 1. The van der Waals surface area contributed by atoms with Crippen LogP contribution in [0.5, 0.6) is 5.75 Å². The van der Waals surface area contributed by atoms with Crippen molar-refractivity contribution in [3.05, 3.63) is 62.6 Å². The van der Waals surface area contributed by atoms with E-state index in [0.717, 1.165) is 12.1 Å². The Balaban J connectivity index is 2.05. The molecule has 1 aromatic carbocycles. The van der Waals surface area contributed by atoms with Gasteiger partial charge in [-0.25, -0.2) is 0 Å². The number of pyridine rings is 1. The van der Waals surface area contributed by atoms with Gasteiger partial charge in [-0.3, -0.25) is 14.4 Å². The maximum absolute atomic E-state index is 13.0. The summed E-state index contributed by atoms with van der Waals surface area (Å²) in [5, 5.41) is 21.2. The van der Waals surface area contributed by atoms with E-state index in [9.17, 15) is 32.7 Å². The highest BCUT2D eigenvalue weighted by molar-refractivity contribution is 5.98. The van der Waals surface area contributed by atoms with Gasteiger partial charge < -0.3 is 24.8 Å². The van der Waals surface area contributed by atoms with E-state index < -0.39 is 47.0 Å². The SMILES string of the molecule is O=C(O)CNC(=O)c1c(O)c2c(n(Cc3ccc(C(F)(F)F)cc3)c1=O)CCOC2. The zero-order valence-corrected chi connectivity index (χ0v) is 15.5. The first-order valence-corrected chi connectivity index (χ1v) is 8.81. The molecule has 0 aliphatic carbocycles. The van der Waals surface area contributed by atoms with Crippen LogP contribution in [-0.4, -0.2) is 39.8 Å². The number of carboxylic acids is 1. The molecule has 0 fully saturated rings. The van der Waals surface area contributed by atoms with Crippen LogP contribution in [0.15, 0.2) is 29.1 Å². The number of ether oxygens (including phenoxy) is 1. The van der Waals surface area contributed by atoms with Crippen LogP contribution in [0.3, 0.4) is 0 Å². The first-order chi connectivity index (χ1) is 14.1. The molecule has 0 saturated heterocycles. The first-order valence-electron chi connectivity index (χ1n) is 8.81. The maximum Gasteiger partial charge on any atom is 0.416 e. The van der Waals surface area contributed by atoms with Crippen molar-refractivity contribution in [3.63, 3.8) is 0 Å². The number of halogens is 3. The third-order valence-electron chi connectivity index (χ3n) is 4.63. The van der Waals surface area contributed by atoms with Gasteiger partial charge in [-0.2, -0.15) is 13.2 Å². The van der Waals surface area contributed by atoms with Crippen LogP contribution in [0.4, 0.5) is 13.2 Å². The fraction of sp³-hybridized carbons (Fsp3) is 0.316. The number of aliphatic carboxylic acids is 1. The molecule has 1 aliphatic heterocycles. The van der Waals surface area contributed by atoms with Gasteiger partial charge in [0.1, 0.15) is 17.9 Å². The molecule has 3 N–H and O–H groups in total. The Morgan fingerprint density at radius 1 is 1.20 bits per heavy atom. The van der Waals surface area contributed by atoms with Gasteiger partial charge in [0, 0.05) is 17.7 Å². The van der Waals surface area contributed by atoms with Crippen LogP contribution in [0.1, 0.15) is 32.7 Å². The molecule has 2 aromatic rings. The van der Waals surface area contributed by atoms with E-state index in [1.54, 1.807) is 0 Å². The fourth-order valence-electron chi connectivity index (χ4n) is 3.19. The second-order valence-corrected chi connectivity index (χ2v) is 6.61. The zero-order valence-electron chi connectivity index (χ0n) is 15.5. The topological polar surface area (TPSA) is 118 Å². The van der Waals surface area contributed by atoms with Crippen LogP contribution in [0.25, 0.3) is 0 Å². The standard InChI is InChI=1S/C19H17F3N2O6/c20-19(21,22)11-3-1-10(2-4-11)8-24-13-5-6-30-9-12(13)16(27)15(18(24)29)17(28)23-7-14(25)26/h1-4,27H,5-9H2,(H,23,28)(H,25,26). The minimum atomic E-state index is -4.50. The molecule has 160 valence electrons. The maximum atomic E-state index is 13.0. The fourth-order valence-corrected chi connectivity index (χ4v) is 3.19. The van der Waals surface area contributed by atoms with Gasteiger partial charge in [0.2, 0.25) is 0 Å². The number of benzene rings is 1. The summed E-state index contributed by atoms with van der Waals surface area (Å²) in [6, 6.07) is 4.21. The minimum absolute atomic E-state index is 0.0757. The smallest absolute Gasteiger partial charge is 0.416 e. The predicted octanol–water partition coefficient (Wildman–Crippen LogP) is 1.51. The summed E-state index contributed by atoms with van der Waals surface area (Å²) in [6.45, 7) is -0.722. The van der Waals surface area contributed by atoms with Gasteiger partial charge >= 0.3 is 12.1 Å². The Labute approximate surface area is 167 Å². The average Bonchev–Trinajstić information content (AvgIpc) is 2.69. The summed E-state index contributed by atoms with van der Waals surface area (Å²) in [5.41, 5.74) is -1.38. The molecule has 0 saturated carbocycles. The summed E-state index contributed by atoms with van der Waals surface area (Å²) in [5.74, 6) is -3.01. The minimum Gasteiger partial charge on any atom is -0.506 e. The van der Waals surface area contributed by atoms with E-state index in [2.05, 4.69) is 0 Å². The Hall–Kier alpha value is -3.34. The molecule has 1 aromatic heterocycles. The number of alkyl halides is 3. The van der Waals surface area contributed by atoms with Crippen molar-refractivity contribution in [1.82, 2.24) is 9.88 Å². The average molecular weight is 426 g/mol. The number of aromatic nitrogens is 1. The lowest BCUT2D eigenvalue weighted by molar-refractivity contribution is -0.138. The molecule has 1 amide bonds. The van der Waals surface area contributed by atoms with E-state index >= 15 is 0 Å².